The molecule has 94 valence electrons. The summed E-state index contributed by atoms with van der Waals surface area (Å²) in [5.41, 5.74) is 1.02. The number of hydrogen-bond donors (Lipinski definition) is 1. The van der Waals surface area contributed by atoms with Crippen molar-refractivity contribution in [1.29, 1.82) is 5.26 Å². The van der Waals surface area contributed by atoms with Crippen molar-refractivity contribution in [2.45, 2.75) is 39.7 Å². The molecule has 0 saturated heterocycles. The number of nitrogens with zero attached hydrogens (tertiary/aromatic N) is 3. The van der Waals surface area contributed by atoms with Gasteiger partial charge >= 0.3 is 0 Å². The minimum absolute atomic E-state index is 0.179. The van der Waals surface area contributed by atoms with Crippen LogP contribution in [0, 0.1) is 16.7 Å². The monoisotopic (exact) mass is 234 g/mol. The first kappa shape index (κ1) is 13.7. The van der Waals surface area contributed by atoms with Gasteiger partial charge in [0.15, 0.2) is 0 Å². The van der Waals surface area contributed by atoms with Gasteiger partial charge in [0.05, 0.1) is 17.2 Å². The molecule has 0 radical (unpaired) electrons. The molecule has 0 fully saturated rings. The van der Waals surface area contributed by atoms with Gasteiger partial charge in [0, 0.05) is 19.8 Å². The fourth-order valence-electron chi connectivity index (χ4n) is 1.66. The zero-order valence-electron chi connectivity index (χ0n) is 11.0. The molecule has 0 unspecified atom stereocenters. The van der Waals surface area contributed by atoms with E-state index in [0.29, 0.717) is 0 Å². The normalized spacial score (nSPS) is 11.4. The van der Waals surface area contributed by atoms with E-state index < -0.39 is 0 Å². The maximum Gasteiger partial charge on any atom is 0.0683 e. The number of nitriles is 1. The highest BCUT2D eigenvalue weighted by Gasteiger charge is 2.15. The van der Waals surface area contributed by atoms with E-state index in [2.05, 4.69) is 16.5 Å². The van der Waals surface area contributed by atoms with Crippen LogP contribution in [-0.4, -0.2) is 16.3 Å². The van der Waals surface area contributed by atoms with Crippen LogP contribution < -0.4 is 5.32 Å². The summed E-state index contributed by atoms with van der Waals surface area (Å²) < 4.78 is 1.88. The molecule has 0 bridgehead atoms. The van der Waals surface area contributed by atoms with E-state index >= 15 is 0 Å². The summed E-state index contributed by atoms with van der Waals surface area (Å²) in [6, 6.07) is 4.35. The lowest BCUT2D eigenvalue weighted by Crippen LogP contribution is -2.17. The third-order valence-corrected chi connectivity index (χ3v) is 2.94. The number of nitrogens with one attached hydrogen (secondary N) is 1. The number of unbranched alkanes of at least 4 members (excludes halogenated alkanes) is 1. The first-order chi connectivity index (χ1) is 8.05. The van der Waals surface area contributed by atoms with Gasteiger partial charge in [0.2, 0.25) is 0 Å². The maximum atomic E-state index is 8.88. The van der Waals surface area contributed by atoms with Crippen LogP contribution in [0.1, 0.15) is 38.8 Å². The number of aromatic nitrogens is 2. The van der Waals surface area contributed by atoms with E-state index in [-0.39, 0.29) is 5.41 Å². The molecule has 17 heavy (non-hydrogen) atoms. The van der Waals surface area contributed by atoms with Gasteiger partial charge in [0.1, 0.15) is 0 Å². The highest BCUT2D eigenvalue weighted by atomic mass is 15.3. The Hall–Kier alpha value is -1.34. The molecule has 0 aliphatic carbocycles. The second-order valence-electron chi connectivity index (χ2n) is 5.08. The van der Waals surface area contributed by atoms with Gasteiger partial charge in [-0.25, -0.2) is 0 Å². The van der Waals surface area contributed by atoms with Gasteiger partial charge in [-0.05, 0) is 39.3 Å². The summed E-state index contributed by atoms with van der Waals surface area (Å²) >= 11 is 0. The lowest BCUT2D eigenvalue weighted by molar-refractivity contribution is 0.422. The van der Waals surface area contributed by atoms with E-state index in [1.807, 2.05) is 37.8 Å². The molecule has 0 aromatic carbocycles. The van der Waals surface area contributed by atoms with Crippen molar-refractivity contribution < 1.29 is 0 Å². The second-order valence-corrected chi connectivity index (χ2v) is 5.08. The summed E-state index contributed by atoms with van der Waals surface area (Å²) in [5, 5.41) is 16.4. The first-order valence-corrected chi connectivity index (χ1v) is 6.14. The van der Waals surface area contributed by atoms with Crippen molar-refractivity contribution >= 4 is 0 Å². The molecule has 0 aliphatic heterocycles. The van der Waals surface area contributed by atoms with Gasteiger partial charge in [-0.1, -0.05) is 6.42 Å². The van der Waals surface area contributed by atoms with E-state index in [9.17, 15) is 0 Å². The zero-order valence-corrected chi connectivity index (χ0v) is 11.0. The number of rotatable bonds is 7. The summed E-state index contributed by atoms with van der Waals surface area (Å²) in [5.74, 6) is 0. The van der Waals surface area contributed by atoms with Crippen LogP contribution in [0.2, 0.25) is 0 Å². The summed E-state index contributed by atoms with van der Waals surface area (Å²) in [6.45, 7) is 5.84. The lowest BCUT2D eigenvalue weighted by Gasteiger charge is -2.14. The number of hydrogen-bond acceptors (Lipinski definition) is 3. The van der Waals surface area contributed by atoms with Gasteiger partial charge in [-0.2, -0.15) is 10.4 Å². The minimum atomic E-state index is -0.179. The van der Waals surface area contributed by atoms with Crippen LogP contribution >= 0.6 is 0 Å². The summed E-state index contributed by atoms with van der Waals surface area (Å²) in [6.07, 6.45) is 4.99. The minimum Gasteiger partial charge on any atom is -0.311 e. The summed E-state index contributed by atoms with van der Waals surface area (Å²) in [4.78, 5) is 0. The van der Waals surface area contributed by atoms with Gasteiger partial charge in [0.25, 0.3) is 0 Å². The third kappa shape index (κ3) is 5.01. The topological polar surface area (TPSA) is 53.6 Å². The van der Waals surface area contributed by atoms with Crippen LogP contribution in [0.15, 0.2) is 12.3 Å². The number of aryl methyl sites for hydroxylation is 1. The van der Waals surface area contributed by atoms with Gasteiger partial charge in [-0.15, -0.1) is 0 Å². The van der Waals surface area contributed by atoms with Gasteiger partial charge < -0.3 is 5.32 Å². The largest absolute Gasteiger partial charge is 0.311 e. The van der Waals surface area contributed by atoms with E-state index in [0.717, 1.165) is 32.4 Å². The van der Waals surface area contributed by atoms with E-state index in [4.69, 9.17) is 5.26 Å². The molecule has 0 spiro atoms. The molecule has 0 saturated carbocycles. The third-order valence-electron chi connectivity index (χ3n) is 2.94. The second kappa shape index (κ2) is 6.41. The Labute approximate surface area is 104 Å². The smallest absolute Gasteiger partial charge is 0.0683 e. The zero-order chi connectivity index (χ0) is 12.7. The predicted molar refractivity (Wildman–Crippen MR) is 68.2 cm³/mol. The fourth-order valence-corrected chi connectivity index (χ4v) is 1.66. The highest BCUT2D eigenvalue weighted by molar-refractivity contribution is 4.99. The molecule has 4 heteroatoms. The molecule has 0 amide bonds. The maximum absolute atomic E-state index is 8.88. The SMILES string of the molecule is Cn1nccc1CNCCCCC(C)(C)C#N. The first-order valence-electron chi connectivity index (χ1n) is 6.14. The van der Waals surface area contributed by atoms with Crippen LogP contribution in [-0.2, 0) is 13.6 Å². The molecular weight excluding hydrogens is 212 g/mol. The molecular formula is C13H22N4. The fraction of sp³-hybridized carbons (Fsp3) is 0.692. The predicted octanol–water partition coefficient (Wildman–Crippen LogP) is 2.23. The molecule has 4 nitrogen and oxygen atoms in total. The Kier molecular flexibility index (Phi) is 5.17. The molecule has 1 heterocycles. The average molecular weight is 234 g/mol. The van der Waals surface area contributed by atoms with Crippen molar-refractivity contribution in [2.24, 2.45) is 12.5 Å². The van der Waals surface area contributed by atoms with Gasteiger partial charge in [-0.3, -0.25) is 4.68 Å². The Morgan fingerprint density at radius 3 is 2.82 bits per heavy atom. The van der Waals surface area contributed by atoms with Crippen LogP contribution in [0.25, 0.3) is 0 Å². The molecule has 1 aromatic rings. The standard InChI is InChI=1S/C13H22N4/c1-13(2,11-14)7-4-5-8-15-10-12-6-9-16-17(12)3/h6,9,15H,4-5,7-8,10H2,1-3H3. The Morgan fingerprint density at radius 1 is 1.47 bits per heavy atom. The quantitative estimate of drug-likeness (QED) is 0.736. The van der Waals surface area contributed by atoms with E-state index in [1.165, 1.54) is 5.69 Å². The average Bonchev–Trinajstić information content (AvgIpc) is 2.69. The van der Waals surface area contributed by atoms with Crippen LogP contribution in [0.4, 0.5) is 0 Å². The molecule has 0 atom stereocenters. The van der Waals surface area contributed by atoms with Crippen LogP contribution in [0.5, 0.6) is 0 Å². The molecule has 0 aliphatic rings. The van der Waals surface area contributed by atoms with Crippen molar-refractivity contribution in [3.8, 4) is 6.07 Å². The molecule has 1 aromatic heterocycles. The van der Waals surface area contributed by atoms with Crippen molar-refractivity contribution in [3.05, 3.63) is 18.0 Å². The van der Waals surface area contributed by atoms with Crippen molar-refractivity contribution in [1.82, 2.24) is 15.1 Å². The Bertz CT molecular complexity index is 373. The lowest BCUT2D eigenvalue weighted by atomic mass is 9.89. The van der Waals surface area contributed by atoms with E-state index in [1.54, 1.807) is 0 Å². The molecule has 1 N–H and O–H groups in total. The van der Waals surface area contributed by atoms with Crippen LogP contribution in [0.3, 0.4) is 0 Å². The highest BCUT2D eigenvalue weighted by Crippen LogP contribution is 2.21. The Morgan fingerprint density at radius 2 is 2.24 bits per heavy atom. The Balaban J connectivity index is 2.06. The van der Waals surface area contributed by atoms with Crippen molar-refractivity contribution in [3.63, 3.8) is 0 Å². The molecule has 1 rings (SSSR count). The summed E-state index contributed by atoms with van der Waals surface area (Å²) in [7, 11) is 1.95. The van der Waals surface area contributed by atoms with Crippen molar-refractivity contribution in [2.75, 3.05) is 6.54 Å².